The summed E-state index contributed by atoms with van der Waals surface area (Å²) in [5, 5.41) is 9.76. The molecule has 0 spiro atoms. The predicted octanol–water partition coefficient (Wildman–Crippen LogP) is 3.62. The first-order valence-corrected chi connectivity index (χ1v) is 9.67. The van der Waals surface area contributed by atoms with Gasteiger partial charge in [-0.2, -0.15) is 13.2 Å². The maximum absolute atomic E-state index is 12.9. The predicted molar refractivity (Wildman–Crippen MR) is 95.7 cm³/mol. The Bertz CT molecular complexity index is 570. The van der Waals surface area contributed by atoms with Crippen LogP contribution in [-0.2, 0) is 12.7 Å². The molecule has 0 aliphatic carbocycles. The van der Waals surface area contributed by atoms with E-state index >= 15 is 0 Å². The van der Waals surface area contributed by atoms with Gasteiger partial charge in [-0.25, -0.2) is 0 Å². The molecule has 26 heavy (non-hydrogen) atoms. The Morgan fingerprint density at radius 1 is 0.962 bits per heavy atom. The minimum absolute atomic E-state index is 0.150. The van der Waals surface area contributed by atoms with Crippen molar-refractivity contribution in [3.63, 3.8) is 0 Å². The van der Waals surface area contributed by atoms with Crippen LogP contribution in [0.5, 0.6) is 0 Å². The fourth-order valence-corrected chi connectivity index (χ4v) is 4.33. The van der Waals surface area contributed by atoms with Crippen LogP contribution in [-0.4, -0.2) is 54.2 Å². The summed E-state index contributed by atoms with van der Waals surface area (Å²) in [6.07, 6.45) is 0.775. The van der Waals surface area contributed by atoms with Crippen molar-refractivity contribution in [2.24, 2.45) is 11.8 Å². The van der Waals surface area contributed by atoms with Gasteiger partial charge in [-0.1, -0.05) is 31.0 Å². The van der Waals surface area contributed by atoms with Crippen molar-refractivity contribution < 1.29 is 18.3 Å². The van der Waals surface area contributed by atoms with Gasteiger partial charge in [0.15, 0.2) is 0 Å². The molecule has 2 atom stereocenters. The Morgan fingerprint density at radius 2 is 1.65 bits per heavy atom. The molecule has 2 aliphatic heterocycles. The molecule has 0 radical (unpaired) electrons. The van der Waals surface area contributed by atoms with Crippen molar-refractivity contribution in [3.05, 3.63) is 35.4 Å². The summed E-state index contributed by atoms with van der Waals surface area (Å²) in [4.78, 5) is 4.70. The lowest BCUT2D eigenvalue weighted by atomic mass is 9.96. The van der Waals surface area contributed by atoms with Crippen LogP contribution in [0.3, 0.4) is 0 Å². The van der Waals surface area contributed by atoms with Crippen LogP contribution in [0, 0.1) is 11.8 Å². The first-order valence-electron chi connectivity index (χ1n) is 9.67. The number of likely N-dealkylation sites (tertiary alicyclic amines) is 2. The van der Waals surface area contributed by atoms with Gasteiger partial charge in [0, 0.05) is 32.8 Å². The van der Waals surface area contributed by atoms with Gasteiger partial charge in [0.2, 0.25) is 0 Å². The van der Waals surface area contributed by atoms with E-state index in [1.165, 1.54) is 37.8 Å². The number of hydrogen-bond donors (Lipinski definition) is 1. The van der Waals surface area contributed by atoms with E-state index < -0.39 is 11.7 Å². The molecule has 1 aromatic rings. The molecule has 2 heterocycles. The Morgan fingerprint density at radius 3 is 2.31 bits per heavy atom. The average molecular weight is 370 g/mol. The molecule has 1 aromatic carbocycles. The van der Waals surface area contributed by atoms with E-state index in [9.17, 15) is 18.3 Å². The van der Waals surface area contributed by atoms with Gasteiger partial charge >= 0.3 is 6.18 Å². The van der Waals surface area contributed by atoms with E-state index in [1.54, 1.807) is 6.07 Å². The zero-order valence-electron chi connectivity index (χ0n) is 15.2. The van der Waals surface area contributed by atoms with Crippen molar-refractivity contribution >= 4 is 0 Å². The van der Waals surface area contributed by atoms with Crippen LogP contribution in [0.4, 0.5) is 13.2 Å². The SMILES string of the molecule is OC[C@H]1CN(Cc2cccc(C(F)(F)F)c2)C[C@H]1CN1CCCCCC1. The van der Waals surface area contributed by atoms with Crippen LogP contribution in [0.15, 0.2) is 24.3 Å². The van der Waals surface area contributed by atoms with Gasteiger partial charge in [-0.05, 0) is 49.4 Å². The molecule has 1 N–H and O–H groups in total. The Labute approximate surface area is 153 Å². The number of hydrogen-bond acceptors (Lipinski definition) is 3. The fraction of sp³-hybridized carbons (Fsp3) is 0.700. The van der Waals surface area contributed by atoms with Gasteiger partial charge in [0.05, 0.1) is 5.56 Å². The van der Waals surface area contributed by atoms with E-state index in [-0.39, 0.29) is 12.5 Å². The molecule has 0 saturated carbocycles. The number of rotatable bonds is 5. The highest BCUT2D eigenvalue weighted by Crippen LogP contribution is 2.31. The van der Waals surface area contributed by atoms with Gasteiger partial charge in [0.1, 0.15) is 0 Å². The zero-order valence-corrected chi connectivity index (χ0v) is 15.2. The summed E-state index contributed by atoms with van der Waals surface area (Å²) in [6, 6.07) is 5.60. The molecular formula is C20H29F3N2O. The summed E-state index contributed by atoms with van der Waals surface area (Å²) in [6.45, 7) is 5.51. The lowest BCUT2D eigenvalue weighted by Crippen LogP contribution is -2.34. The third kappa shape index (κ3) is 5.21. The first-order chi connectivity index (χ1) is 12.5. The Balaban J connectivity index is 1.60. The van der Waals surface area contributed by atoms with Gasteiger partial charge in [0.25, 0.3) is 0 Å². The maximum atomic E-state index is 12.9. The number of aliphatic hydroxyl groups excluding tert-OH is 1. The van der Waals surface area contributed by atoms with Gasteiger partial charge < -0.3 is 10.0 Å². The number of aliphatic hydroxyl groups is 1. The zero-order chi connectivity index (χ0) is 18.6. The molecule has 2 aliphatic rings. The molecule has 0 aromatic heterocycles. The lowest BCUT2D eigenvalue weighted by Gasteiger charge is -2.26. The molecule has 146 valence electrons. The van der Waals surface area contributed by atoms with Crippen molar-refractivity contribution in [1.29, 1.82) is 0 Å². The largest absolute Gasteiger partial charge is 0.416 e. The van der Waals surface area contributed by atoms with E-state index in [4.69, 9.17) is 0 Å². The summed E-state index contributed by atoms with van der Waals surface area (Å²) in [5.74, 6) is 0.605. The van der Waals surface area contributed by atoms with Crippen LogP contribution < -0.4 is 0 Å². The first kappa shape index (κ1) is 19.6. The smallest absolute Gasteiger partial charge is 0.396 e. The maximum Gasteiger partial charge on any atom is 0.416 e. The summed E-state index contributed by atoms with van der Waals surface area (Å²) >= 11 is 0. The van der Waals surface area contributed by atoms with Crippen molar-refractivity contribution in [2.45, 2.75) is 38.4 Å². The topological polar surface area (TPSA) is 26.7 Å². The highest BCUT2D eigenvalue weighted by Gasteiger charge is 2.34. The minimum Gasteiger partial charge on any atom is -0.396 e. The van der Waals surface area contributed by atoms with Crippen molar-refractivity contribution in [3.8, 4) is 0 Å². The summed E-state index contributed by atoms with van der Waals surface area (Å²) in [7, 11) is 0. The van der Waals surface area contributed by atoms with E-state index in [1.807, 2.05) is 0 Å². The second kappa shape index (κ2) is 8.72. The van der Waals surface area contributed by atoms with Gasteiger partial charge in [-0.3, -0.25) is 4.90 Å². The third-order valence-electron chi connectivity index (χ3n) is 5.74. The molecule has 2 saturated heterocycles. The standard InChI is InChI=1S/C20H29F3N2O/c21-20(22,23)19-7-5-6-16(10-19)11-25-13-17(18(14-25)15-26)12-24-8-3-1-2-4-9-24/h5-7,10,17-18,26H,1-4,8-9,11-15H2/t17-,18-/m1/s1. The number of alkyl halides is 3. The highest BCUT2D eigenvalue weighted by molar-refractivity contribution is 5.25. The van der Waals surface area contributed by atoms with E-state index in [0.29, 0.717) is 18.0 Å². The number of nitrogens with zero attached hydrogens (tertiary/aromatic N) is 2. The molecule has 0 unspecified atom stereocenters. The second-order valence-electron chi connectivity index (χ2n) is 7.81. The van der Waals surface area contributed by atoms with Gasteiger partial charge in [-0.15, -0.1) is 0 Å². The molecule has 0 amide bonds. The highest BCUT2D eigenvalue weighted by atomic mass is 19.4. The lowest BCUT2D eigenvalue weighted by molar-refractivity contribution is -0.137. The molecule has 3 rings (SSSR count). The number of halogens is 3. The average Bonchev–Trinajstić information content (AvgIpc) is 2.79. The molecule has 0 bridgehead atoms. The minimum atomic E-state index is -4.30. The van der Waals surface area contributed by atoms with Crippen LogP contribution in [0.2, 0.25) is 0 Å². The Hall–Kier alpha value is -1.11. The summed E-state index contributed by atoms with van der Waals surface area (Å²) < 4.78 is 38.7. The molecule has 6 heteroatoms. The van der Waals surface area contributed by atoms with E-state index in [2.05, 4.69) is 9.80 Å². The normalized spacial score (nSPS) is 26.2. The fourth-order valence-electron chi connectivity index (χ4n) is 4.33. The van der Waals surface area contributed by atoms with Crippen molar-refractivity contribution in [2.75, 3.05) is 39.3 Å². The number of benzene rings is 1. The molecular weight excluding hydrogens is 341 g/mol. The molecule has 3 nitrogen and oxygen atoms in total. The monoisotopic (exact) mass is 370 g/mol. The van der Waals surface area contributed by atoms with Crippen LogP contribution in [0.25, 0.3) is 0 Å². The Kier molecular flexibility index (Phi) is 6.59. The van der Waals surface area contributed by atoms with E-state index in [0.717, 1.165) is 38.8 Å². The van der Waals surface area contributed by atoms with Crippen LogP contribution in [0.1, 0.15) is 36.8 Å². The molecule has 2 fully saturated rings. The summed E-state index contributed by atoms with van der Waals surface area (Å²) in [5.41, 5.74) is 0.0981. The second-order valence-corrected chi connectivity index (χ2v) is 7.81. The third-order valence-corrected chi connectivity index (χ3v) is 5.74. The quantitative estimate of drug-likeness (QED) is 0.858. The van der Waals surface area contributed by atoms with Crippen LogP contribution >= 0.6 is 0 Å². The van der Waals surface area contributed by atoms with Crippen molar-refractivity contribution in [1.82, 2.24) is 9.80 Å².